The lowest BCUT2D eigenvalue weighted by atomic mass is 10.1. The van der Waals surface area contributed by atoms with Gasteiger partial charge in [-0.1, -0.05) is 19.0 Å². The predicted molar refractivity (Wildman–Crippen MR) is 74.4 cm³/mol. The molecule has 1 aliphatic rings. The van der Waals surface area contributed by atoms with Gasteiger partial charge in [-0.25, -0.2) is 4.79 Å². The molecule has 1 saturated heterocycles. The van der Waals surface area contributed by atoms with E-state index in [0.717, 1.165) is 0 Å². The van der Waals surface area contributed by atoms with Gasteiger partial charge in [0, 0.05) is 13.5 Å². The average molecular weight is 309 g/mol. The second-order valence-corrected chi connectivity index (χ2v) is 5.67. The van der Waals surface area contributed by atoms with Crippen molar-refractivity contribution < 1.29 is 18.9 Å². The zero-order chi connectivity index (χ0) is 16.3. The van der Waals surface area contributed by atoms with Crippen molar-refractivity contribution in [3.8, 4) is 0 Å². The predicted octanol–water partition coefficient (Wildman–Crippen LogP) is -0.175. The molecule has 22 heavy (non-hydrogen) atoms. The largest absolute Gasteiger partial charge is 0.337 e. The molecule has 1 aromatic rings. The topological polar surface area (TPSA) is 117 Å². The molecule has 1 atom stereocenters. The lowest BCUT2D eigenvalue weighted by Crippen LogP contribution is -2.37. The maximum Gasteiger partial charge on any atom is 0.322 e. The van der Waals surface area contributed by atoms with Crippen LogP contribution in [0.25, 0.3) is 0 Å². The smallest absolute Gasteiger partial charge is 0.322 e. The number of nitrogens with zero attached hydrogens (tertiary/aromatic N) is 3. The molecule has 120 valence electrons. The molecule has 4 amide bonds. The van der Waals surface area contributed by atoms with E-state index >= 15 is 0 Å². The summed E-state index contributed by atoms with van der Waals surface area (Å²) in [5.74, 6) is 0.559. The van der Waals surface area contributed by atoms with E-state index in [4.69, 9.17) is 4.52 Å². The fraction of sp³-hybridized carbons (Fsp3) is 0.615. The molecule has 0 aromatic carbocycles. The van der Waals surface area contributed by atoms with Crippen LogP contribution in [-0.2, 0) is 22.6 Å². The lowest BCUT2D eigenvalue weighted by Gasteiger charge is -2.16. The molecule has 0 radical (unpaired) electrons. The summed E-state index contributed by atoms with van der Waals surface area (Å²) in [7, 11) is 1.57. The lowest BCUT2D eigenvalue weighted by molar-refractivity contribution is -0.133. The van der Waals surface area contributed by atoms with Crippen LogP contribution >= 0.6 is 0 Å². The van der Waals surface area contributed by atoms with Crippen molar-refractivity contribution in [1.82, 2.24) is 25.7 Å². The van der Waals surface area contributed by atoms with Crippen molar-refractivity contribution in [3.63, 3.8) is 0 Å². The fourth-order valence-corrected chi connectivity index (χ4v) is 2.03. The van der Waals surface area contributed by atoms with E-state index < -0.39 is 18.0 Å². The first-order chi connectivity index (χ1) is 10.3. The number of amides is 4. The third kappa shape index (κ3) is 4.03. The Balaban J connectivity index is 1.87. The van der Waals surface area contributed by atoms with Crippen LogP contribution in [0.3, 0.4) is 0 Å². The van der Waals surface area contributed by atoms with Gasteiger partial charge in [-0.05, 0) is 5.92 Å². The highest BCUT2D eigenvalue weighted by Gasteiger charge is 2.32. The van der Waals surface area contributed by atoms with Crippen molar-refractivity contribution in [1.29, 1.82) is 0 Å². The second-order valence-electron chi connectivity index (χ2n) is 5.67. The summed E-state index contributed by atoms with van der Waals surface area (Å²) in [6, 6.07) is -1.41. The van der Waals surface area contributed by atoms with Crippen LogP contribution in [0.5, 0.6) is 0 Å². The molecule has 9 nitrogen and oxygen atoms in total. The third-order valence-corrected chi connectivity index (χ3v) is 3.14. The van der Waals surface area contributed by atoms with E-state index in [1.54, 1.807) is 7.05 Å². The van der Waals surface area contributed by atoms with Crippen LogP contribution in [0.15, 0.2) is 4.52 Å². The van der Waals surface area contributed by atoms with Crippen molar-refractivity contribution in [3.05, 3.63) is 11.7 Å². The molecule has 2 heterocycles. The van der Waals surface area contributed by atoms with Crippen molar-refractivity contribution in [2.45, 2.75) is 39.3 Å². The maximum atomic E-state index is 12.0. The number of imide groups is 1. The number of hydrogen-bond donors (Lipinski definition) is 2. The van der Waals surface area contributed by atoms with E-state index in [-0.39, 0.29) is 18.9 Å². The molecule has 0 aliphatic carbocycles. The van der Waals surface area contributed by atoms with Gasteiger partial charge in [-0.15, -0.1) is 0 Å². The quantitative estimate of drug-likeness (QED) is 0.704. The Morgan fingerprint density at radius 1 is 1.41 bits per heavy atom. The van der Waals surface area contributed by atoms with Gasteiger partial charge in [0.2, 0.25) is 11.8 Å². The molecule has 0 spiro atoms. The first-order valence-corrected chi connectivity index (χ1v) is 7.02. The molecular weight excluding hydrogens is 290 g/mol. The summed E-state index contributed by atoms with van der Waals surface area (Å²) in [4.78, 5) is 40.0. The zero-order valence-corrected chi connectivity index (χ0v) is 12.8. The normalized spacial score (nSPS) is 17.5. The summed E-state index contributed by atoms with van der Waals surface area (Å²) < 4.78 is 5.09. The van der Waals surface area contributed by atoms with E-state index in [2.05, 4.69) is 20.8 Å². The fourth-order valence-electron chi connectivity index (χ4n) is 2.03. The number of aromatic nitrogens is 2. The van der Waals surface area contributed by atoms with Gasteiger partial charge in [0.15, 0.2) is 5.82 Å². The average Bonchev–Trinajstić information content (AvgIpc) is 2.96. The Hall–Kier alpha value is -2.45. The van der Waals surface area contributed by atoms with Crippen molar-refractivity contribution in [2.24, 2.45) is 5.92 Å². The molecule has 0 bridgehead atoms. The van der Waals surface area contributed by atoms with Crippen LogP contribution < -0.4 is 10.6 Å². The highest BCUT2D eigenvalue weighted by Crippen LogP contribution is 2.08. The minimum Gasteiger partial charge on any atom is -0.337 e. The highest BCUT2D eigenvalue weighted by molar-refractivity contribution is 6.05. The highest BCUT2D eigenvalue weighted by atomic mass is 16.5. The monoisotopic (exact) mass is 309 g/mol. The number of carbonyl (C=O) groups excluding carboxylic acids is 3. The van der Waals surface area contributed by atoms with E-state index in [0.29, 0.717) is 24.1 Å². The second kappa shape index (κ2) is 6.54. The summed E-state index contributed by atoms with van der Waals surface area (Å²) in [6.45, 7) is 4.26. The molecule has 2 rings (SSSR count). The number of hydrogen-bond acceptors (Lipinski definition) is 6. The first kappa shape index (κ1) is 15.9. The van der Waals surface area contributed by atoms with Crippen LogP contribution in [0.1, 0.15) is 32.0 Å². The van der Waals surface area contributed by atoms with Gasteiger partial charge in [-0.3, -0.25) is 14.9 Å². The van der Waals surface area contributed by atoms with Gasteiger partial charge in [0.05, 0.1) is 13.0 Å². The van der Waals surface area contributed by atoms with Crippen molar-refractivity contribution in [2.75, 3.05) is 7.05 Å². The summed E-state index contributed by atoms with van der Waals surface area (Å²) in [6.07, 6.45) is 0.594. The summed E-state index contributed by atoms with van der Waals surface area (Å²) in [5.41, 5.74) is 0. The SMILES string of the molecule is CC(C)Cc1noc(CN(C)C(=O)C[C@@H]2NC(=O)NC2=O)n1. The number of rotatable bonds is 6. The van der Waals surface area contributed by atoms with Gasteiger partial charge >= 0.3 is 6.03 Å². The van der Waals surface area contributed by atoms with Gasteiger partial charge in [-0.2, -0.15) is 4.98 Å². The number of nitrogens with one attached hydrogen (secondary N) is 2. The molecule has 1 fully saturated rings. The molecule has 0 saturated carbocycles. The molecule has 1 aromatic heterocycles. The molecule has 2 N–H and O–H groups in total. The standard InChI is InChI=1S/C13H19N5O4/c1-7(2)4-9-15-10(22-17-9)6-18(3)11(19)5-8-12(20)16-13(21)14-8/h7-8H,4-6H2,1-3H3,(H2,14,16,20,21)/t8-/m0/s1. The van der Waals surface area contributed by atoms with E-state index in [1.807, 2.05) is 13.8 Å². The molecule has 0 unspecified atom stereocenters. The maximum absolute atomic E-state index is 12.0. The number of urea groups is 1. The minimum absolute atomic E-state index is 0.110. The Kier molecular flexibility index (Phi) is 4.74. The van der Waals surface area contributed by atoms with E-state index in [1.165, 1.54) is 4.90 Å². The van der Waals surface area contributed by atoms with Crippen LogP contribution in [-0.4, -0.2) is 46.0 Å². The van der Waals surface area contributed by atoms with Crippen molar-refractivity contribution >= 4 is 17.8 Å². The zero-order valence-electron chi connectivity index (χ0n) is 12.8. The van der Waals surface area contributed by atoms with E-state index in [9.17, 15) is 14.4 Å². The Labute approximate surface area is 127 Å². The third-order valence-electron chi connectivity index (χ3n) is 3.14. The number of carbonyl (C=O) groups is 3. The first-order valence-electron chi connectivity index (χ1n) is 7.02. The summed E-state index contributed by atoms with van der Waals surface area (Å²) >= 11 is 0. The van der Waals surface area contributed by atoms with Gasteiger partial charge < -0.3 is 14.7 Å². The van der Waals surface area contributed by atoms with Crippen LogP contribution in [0.4, 0.5) is 4.79 Å². The Bertz CT molecular complexity index is 583. The minimum atomic E-state index is -0.832. The van der Waals surface area contributed by atoms with Crippen LogP contribution in [0.2, 0.25) is 0 Å². The molecule has 9 heteroatoms. The molecule has 1 aliphatic heterocycles. The molecular formula is C13H19N5O4. The Morgan fingerprint density at radius 3 is 2.73 bits per heavy atom. The summed E-state index contributed by atoms with van der Waals surface area (Å²) in [5, 5.41) is 8.31. The Morgan fingerprint density at radius 2 is 2.14 bits per heavy atom. The van der Waals surface area contributed by atoms with Gasteiger partial charge in [0.1, 0.15) is 6.04 Å². The van der Waals surface area contributed by atoms with Crippen LogP contribution in [0, 0.1) is 5.92 Å². The van der Waals surface area contributed by atoms with Gasteiger partial charge in [0.25, 0.3) is 5.91 Å².